The van der Waals surface area contributed by atoms with Crippen molar-refractivity contribution in [2.24, 2.45) is 0 Å². The normalized spacial score (nSPS) is 15.0. The molecule has 2 heterocycles. The molecule has 0 saturated heterocycles. The zero-order valence-electron chi connectivity index (χ0n) is 23.4. The van der Waals surface area contributed by atoms with Crippen LogP contribution in [-0.2, 0) is 13.0 Å². The van der Waals surface area contributed by atoms with Crippen molar-refractivity contribution in [2.75, 3.05) is 12.4 Å². The zero-order chi connectivity index (χ0) is 31.0. The average molecular weight is 626 g/mol. The summed E-state index contributed by atoms with van der Waals surface area (Å²) in [6.07, 6.45) is 0.229. The van der Waals surface area contributed by atoms with Gasteiger partial charge in [-0.1, -0.05) is 29.3 Å². The van der Waals surface area contributed by atoms with Crippen molar-refractivity contribution in [3.05, 3.63) is 121 Å². The van der Waals surface area contributed by atoms with Gasteiger partial charge in [0.25, 0.3) is 17.4 Å². The topological polar surface area (TPSA) is 96.3 Å². The van der Waals surface area contributed by atoms with Gasteiger partial charge in [-0.2, -0.15) is 0 Å². The molecule has 0 bridgehead atoms. The number of hydrogen-bond donors (Lipinski definition) is 2. The lowest BCUT2D eigenvalue weighted by Crippen LogP contribution is -2.46. The summed E-state index contributed by atoms with van der Waals surface area (Å²) in [6.45, 7) is 3.53. The van der Waals surface area contributed by atoms with E-state index in [1.807, 2.05) is 6.92 Å². The molecule has 2 amide bonds. The standard InChI is InChI=1S/C31H27Cl2F2N5O3/c1-16-12-23-27(15-39(16)29(42)19-6-11-24(32)25(33)13-19)38-31(37-17(2)22-10-7-20(34)14-26(22)35)40(30(23)43)21-8-4-18(5-9-21)28(41)36-3/h4-11,13-14,16-17H,12,15H2,1-3H3,(H,36,41)(H,37,38)/t16-,17+/m1/s1. The lowest BCUT2D eigenvalue weighted by Gasteiger charge is -2.35. The third-order valence-corrected chi connectivity index (χ3v) is 8.17. The van der Waals surface area contributed by atoms with E-state index in [1.165, 1.54) is 23.7 Å². The maximum Gasteiger partial charge on any atom is 0.263 e. The number of rotatable bonds is 6. The Bertz CT molecular complexity index is 1800. The minimum absolute atomic E-state index is 0.0369. The average Bonchev–Trinajstić information content (AvgIpc) is 2.98. The van der Waals surface area contributed by atoms with E-state index >= 15 is 0 Å². The van der Waals surface area contributed by atoms with Gasteiger partial charge in [-0.15, -0.1) is 0 Å². The van der Waals surface area contributed by atoms with Gasteiger partial charge < -0.3 is 15.5 Å². The van der Waals surface area contributed by atoms with Gasteiger partial charge in [-0.05, 0) is 68.8 Å². The van der Waals surface area contributed by atoms with E-state index in [-0.39, 0.29) is 52.9 Å². The minimum Gasteiger partial charge on any atom is -0.355 e. The quantitative estimate of drug-likeness (QED) is 0.277. The fourth-order valence-electron chi connectivity index (χ4n) is 5.09. The second kappa shape index (κ2) is 12.1. The molecule has 12 heteroatoms. The number of carbonyl (C=O) groups is 2. The Morgan fingerprint density at radius 2 is 1.70 bits per heavy atom. The summed E-state index contributed by atoms with van der Waals surface area (Å²) in [7, 11) is 1.52. The van der Waals surface area contributed by atoms with Gasteiger partial charge in [0.05, 0.1) is 34.0 Å². The van der Waals surface area contributed by atoms with E-state index in [4.69, 9.17) is 28.2 Å². The lowest BCUT2D eigenvalue weighted by molar-refractivity contribution is 0.0653. The number of benzene rings is 3. The summed E-state index contributed by atoms with van der Waals surface area (Å²) < 4.78 is 29.6. The molecule has 43 heavy (non-hydrogen) atoms. The molecule has 0 spiro atoms. The first-order valence-corrected chi connectivity index (χ1v) is 14.2. The van der Waals surface area contributed by atoms with Gasteiger partial charge in [0, 0.05) is 41.4 Å². The van der Waals surface area contributed by atoms with Crippen LogP contribution in [0.1, 0.15) is 57.4 Å². The van der Waals surface area contributed by atoms with Crippen molar-refractivity contribution in [3.8, 4) is 5.69 Å². The molecule has 222 valence electrons. The number of hydrogen-bond acceptors (Lipinski definition) is 5. The summed E-state index contributed by atoms with van der Waals surface area (Å²) in [5.74, 6) is -1.97. The maximum absolute atomic E-state index is 14.7. The van der Waals surface area contributed by atoms with Crippen LogP contribution in [0.2, 0.25) is 10.0 Å². The van der Waals surface area contributed by atoms with Crippen LogP contribution >= 0.6 is 23.2 Å². The number of halogens is 4. The van der Waals surface area contributed by atoms with Gasteiger partial charge in [0.15, 0.2) is 0 Å². The summed E-state index contributed by atoms with van der Waals surface area (Å²) in [4.78, 5) is 46.0. The number of fused-ring (bicyclic) bond motifs is 1. The highest BCUT2D eigenvalue weighted by Crippen LogP contribution is 2.29. The van der Waals surface area contributed by atoms with E-state index in [0.29, 0.717) is 33.1 Å². The summed E-state index contributed by atoms with van der Waals surface area (Å²) in [5, 5.41) is 6.22. The predicted molar refractivity (Wildman–Crippen MR) is 161 cm³/mol. The molecule has 3 aromatic carbocycles. The van der Waals surface area contributed by atoms with Crippen LogP contribution in [0.5, 0.6) is 0 Å². The summed E-state index contributed by atoms with van der Waals surface area (Å²) in [5.41, 5.74) is 1.75. The van der Waals surface area contributed by atoms with Crippen molar-refractivity contribution in [1.29, 1.82) is 0 Å². The van der Waals surface area contributed by atoms with Gasteiger partial charge in [0.2, 0.25) is 5.95 Å². The Morgan fingerprint density at radius 1 is 1.00 bits per heavy atom. The molecule has 1 aliphatic heterocycles. The third kappa shape index (κ3) is 5.98. The Kier molecular flexibility index (Phi) is 8.52. The molecule has 2 atom stereocenters. The van der Waals surface area contributed by atoms with Crippen LogP contribution in [0.25, 0.3) is 5.69 Å². The second-order valence-corrected chi connectivity index (χ2v) is 11.1. The van der Waals surface area contributed by atoms with Gasteiger partial charge in [-0.25, -0.2) is 18.3 Å². The largest absolute Gasteiger partial charge is 0.355 e. The van der Waals surface area contributed by atoms with E-state index < -0.39 is 17.7 Å². The molecule has 0 aliphatic carbocycles. The Balaban J connectivity index is 1.59. The predicted octanol–water partition coefficient (Wildman–Crippen LogP) is 5.94. The first-order chi connectivity index (χ1) is 20.5. The molecule has 2 N–H and O–H groups in total. The Hall–Kier alpha value is -4.28. The molecule has 1 aliphatic rings. The molecule has 4 aromatic rings. The van der Waals surface area contributed by atoms with Crippen LogP contribution < -0.4 is 16.2 Å². The van der Waals surface area contributed by atoms with Gasteiger partial charge in [0.1, 0.15) is 11.6 Å². The van der Waals surface area contributed by atoms with Gasteiger partial charge in [-0.3, -0.25) is 14.4 Å². The zero-order valence-corrected chi connectivity index (χ0v) is 24.9. The minimum atomic E-state index is -0.756. The third-order valence-electron chi connectivity index (χ3n) is 7.43. The number of aromatic nitrogens is 2. The first kappa shape index (κ1) is 30.2. The van der Waals surface area contributed by atoms with Crippen LogP contribution in [0.15, 0.2) is 65.5 Å². The molecule has 0 unspecified atom stereocenters. The Labute approximate surface area is 256 Å². The highest BCUT2D eigenvalue weighted by atomic mass is 35.5. The van der Waals surface area contributed by atoms with Crippen molar-refractivity contribution in [1.82, 2.24) is 19.8 Å². The molecule has 0 fully saturated rings. The maximum atomic E-state index is 14.7. The van der Waals surface area contributed by atoms with Crippen molar-refractivity contribution in [2.45, 2.75) is 38.9 Å². The molecule has 5 rings (SSSR count). The molecule has 0 radical (unpaired) electrons. The molecule has 0 saturated carbocycles. The number of amides is 2. The van der Waals surface area contributed by atoms with E-state index in [1.54, 1.807) is 48.2 Å². The lowest BCUT2D eigenvalue weighted by atomic mass is 9.98. The van der Waals surface area contributed by atoms with Crippen molar-refractivity contribution >= 4 is 41.0 Å². The number of nitrogens with zero attached hydrogens (tertiary/aromatic N) is 3. The van der Waals surface area contributed by atoms with Crippen LogP contribution in [0.4, 0.5) is 14.7 Å². The molecule has 1 aromatic heterocycles. The first-order valence-electron chi connectivity index (χ1n) is 13.4. The highest BCUT2D eigenvalue weighted by Gasteiger charge is 2.32. The molecular weight excluding hydrogens is 599 g/mol. The van der Waals surface area contributed by atoms with Crippen LogP contribution in [0, 0.1) is 11.6 Å². The summed E-state index contributed by atoms with van der Waals surface area (Å²) in [6, 6.07) is 13.2. The number of nitrogens with one attached hydrogen (secondary N) is 2. The Morgan fingerprint density at radius 3 is 2.35 bits per heavy atom. The SMILES string of the molecule is CNC(=O)c1ccc(-n2c(N[C@@H](C)c3ccc(F)cc3F)nc3c(c2=O)C[C@@H](C)N(C(=O)c2ccc(Cl)c(Cl)c2)C3)cc1. The van der Waals surface area contributed by atoms with Crippen molar-refractivity contribution in [3.63, 3.8) is 0 Å². The highest BCUT2D eigenvalue weighted by molar-refractivity contribution is 6.42. The van der Waals surface area contributed by atoms with Crippen LogP contribution in [-0.4, -0.2) is 39.4 Å². The molecular formula is C31H27Cl2F2N5O3. The van der Waals surface area contributed by atoms with Crippen LogP contribution in [0.3, 0.4) is 0 Å². The smallest absolute Gasteiger partial charge is 0.263 e. The van der Waals surface area contributed by atoms with Gasteiger partial charge >= 0.3 is 0 Å². The molecule has 8 nitrogen and oxygen atoms in total. The fourth-order valence-corrected chi connectivity index (χ4v) is 5.39. The fraction of sp³-hybridized carbons (Fsp3) is 0.226. The van der Waals surface area contributed by atoms with E-state index in [2.05, 4.69) is 10.6 Å². The monoisotopic (exact) mass is 625 g/mol. The number of carbonyl (C=O) groups excluding carboxylic acids is 2. The van der Waals surface area contributed by atoms with E-state index in [0.717, 1.165) is 12.1 Å². The number of anilines is 1. The summed E-state index contributed by atoms with van der Waals surface area (Å²) >= 11 is 12.2. The van der Waals surface area contributed by atoms with E-state index in [9.17, 15) is 23.2 Å². The van der Waals surface area contributed by atoms with Crippen molar-refractivity contribution < 1.29 is 18.4 Å². The second-order valence-electron chi connectivity index (χ2n) is 10.3.